The third-order valence-electron chi connectivity index (χ3n) is 3.24. The van der Waals surface area contributed by atoms with Gasteiger partial charge in [-0.3, -0.25) is 4.57 Å². The van der Waals surface area contributed by atoms with Gasteiger partial charge in [0.05, 0.1) is 21.9 Å². The van der Waals surface area contributed by atoms with Crippen LogP contribution in [0.1, 0.15) is 11.4 Å². The highest BCUT2D eigenvalue weighted by Gasteiger charge is 2.18. The van der Waals surface area contributed by atoms with E-state index in [-0.39, 0.29) is 11.6 Å². The summed E-state index contributed by atoms with van der Waals surface area (Å²) in [5.74, 6) is 0.353. The van der Waals surface area contributed by atoms with Gasteiger partial charge in [0.15, 0.2) is 0 Å². The van der Waals surface area contributed by atoms with Crippen LogP contribution in [0.25, 0.3) is 16.7 Å². The molecule has 5 heteroatoms. The van der Waals surface area contributed by atoms with Gasteiger partial charge >= 0.3 is 0 Å². The predicted molar refractivity (Wildman–Crippen MR) is 80.3 cm³/mol. The van der Waals surface area contributed by atoms with Crippen LogP contribution in [0.2, 0.25) is 5.02 Å². The molecule has 102 valence electrons. The number of hydrogen-bond acceptors (Lipinski definition) is 1. The van der Waals surface area contributed by atoms with Crippen molar-refractivity contribution in [1.29, 1.82) is 0 Å². The molecule has 0 aliphatic rings. The van der Waals surface area contributed by atoms with E-state index < -0.39 is 5.82 Å². The number of para-hydroxylation sites is 2. The van der Waals surface area contributed by atoms with Crippen LogP contribution in [-0.2, 0) is 5.88 Å². The number of rotatable bonds is 2. The first-order chi connectivity index (χ1) is 9.63. The average Bonchev–Trinajstić information content (AvgIpc) is 2.79. The van der Waals surface area contributed by atoms with E-state index in [1.165, 1.54) is 6.07 Å². The van der Waals surface area contributed by atoms with E-state index in [1.54, 1.807) is 16.7 Å². The first-order valence-electron chi connectivity index (χ1n) is 6.10. The maximum absolute atomic E-state index is 14.2. The van der Waals surface area contributed by atoms with Crippen LogP contribution in [-0.4, -0.2) is 9.55 Å². The summed E-state index contributed by atoms with van der Waals surface area (Å²) in [6.07, 6.45) is 0. The molecule has 3 rings (SSSR count). The number of aromatic nitrogens is 2. The summed E-state index contributed by atoms with van der Waals surface area (Å²) in [5.41, 5.74) is 2.91. The van der Waals surface area contributed by atoms with Gasteiger partial charge in [-0.1, -0.05) is 29.8 Å². The van der Waals surface area contributed by atoms with E-state index in [4.69, 9.17) is 23.2 Å². The summed E-state index contributed by atoms with van der Waals surface area (Å²) in [6.45, 7) is 1.96. The topological polar surface area (TPSA) is 17.8 Å². The van der Waals surface area contributed by atoms with Crippen LogP contribution >= 0.6 is 23.2 Å². The smallest absolute Gasteiger partial charge is 0.148 e. The number of imidazole rings is 1. The molecule has 0 unspecified atom stereocenters. The maximum Gasteiger partial charge on any atom is 0.148 e. The van der Waals surface area contributed by atoms with Crippen molar-refractivity contribution in [2.24, 2.45) is 0 Å². The largest absolute Gasteiger partial charge is 0.291 e. The zero-order chi connectivity index (χ0) is 14.3. The molecule has 0 aliphatic heterocycles. The third kappa shape index (κ3) is 1.98. The Hall–Kier alpha value is -1.58. The number of hydrogen-bond donors (Lipinski definition) is 0. The van der Waals surface area contributed by atoms with E-state index in [1.807, 2.05) is 25.1 Å². The fourth-order valence-corrected chi connectivity index (χ4v) is 2.76. The molecule has 1 heterocycles. The Labute approximate surface area is 125 Å². The van der Waals surface area contributed by atoms with Crippen molar-refractivity contribution in [3.8, 4) is 5.69 Å². The molecular formula is C15H11Cl2FN2. The van der Waals surface area contributed by atoms with Crippen molar-refractivity contribution in [1.82, 2.24) is 9.55 Å². The van der Waals surface area contributed by atoms with E-state index >= 15 is 0 Å². The molecule has 0 radical (unpaired) electrons. The van der Waals surface area contributed by atoms with Crippen molar-refractivity contribution in [3.05, 3.63) is 58.6 Å². The molecule has 0 fully saturated rings. The molecule has 0 bridgehead atoms. The maximum atomic E-state index is 14.2. The Balaban J connectivity index is 2.44. The zero-order valence-corrected chi connectivity index (χ0v) is 12.2. The zero-order valence-electron chi connectivity index (χ0n) is 10.7. The van der Waals surface area contributed by atoms with Gasteiger partial charge < -0.3 is 0 Å². The number of aryl methyl sites for hydroxylation is 1. The molecule has 0 saturated heterocycles. The molecule has 0 saturated carbocycles. The van der Waals surface area contributed by atoms with E-state index in [0.29, 0.717) is 10.8 Å². The molecule has 0 aliphatic carbocycles. The SMILES string of the molecule is Cc1cccc2c1nc(CCl)n2-c1c(F)cccc1Cl. The highest BCUT2D eigenvalue weighted by atomic mass is 35.5. The van der Waals surface area contributed by atoms with Crippen molar-refractivity contribution >= 4 is 34.2 Å². The van der Waals surface area contributed by atoms with Crippen LogP contribution in [0.4, 0.5) is 4.39 Å². The summed E-state index contributed by atoms with van der Waals surface area (Å²) in [5, 5.41) is 0.331. The van der Waals surface area contributed by atoms with Crippen LogP contribution in [0, 0.1) is 12.7 Å². The fourth-order valence-electron chi connectivity index (χ4n) is 2.33. The first-order valence-corrected chi connectivity index (χ1v) is 7.02. The second-order valence-electron chi connectivity index (χ2n) is 4.51. The molecular weight excluding hydrogens is 298 g/mol. The molecule has 2 nitrogen and oxygen atoms in total. The van der Waals surface area contributed by atoms with E-state index in [2.05, 4.69) is 4.98 Å². The van der Waals surface area contributed by atoms with E-state index in [0.717, 1.165) is 16.6 Å². The lowest BCUT2D eigenvalue weighted by Crippen LogP contribution is -2.03. The lowest BCUT2D eigenvalue weighted by atomic mass is 10.2. The van der Waals surface area contributed by atoms with Gasteiger partial charge in [-0.05, 0) is 30.7 Å². The summed E-state index contributed by atoms with van der Waals surface area (Å²) >= 11 is 12.1. The number of nitrogens with zero attached hydrogens (tertiary/aromatic N) is 2. The minimum Gasteiger partial charge on any atom is -0.291 e. The van der Waals surface area contributed by atoms with Crippen molar-refractivity contribution in [3.63, 3.8) is 0 Å². The second kappa shape index (κ2) is 5.08. The van der Waals surface area contributed by atoms with Gasteiger partial charge in [0.25, 0.3) is 0 Å². The van der Waals surface area contributed by atoms with Crippen molar-refractivity contribution in [2.75, 3.05) is 0 Å². The Kier molecular flexibility index (Phi) is 3.40. The number of benzene rings is 2. The Bertz CT molecular complexity index is 776. The van der Waals surface area contributed by atoms with Gasteiger partial charge in [-0.2, -0.15) is 0 Å². The normalized spacial score (nSPS) is 11.2. The van der Waals surface area contributed by atoms with Crippen molar-refractivity contribution < 1.29 is 4.39 Å². The quantitative estimate of drug-likeness (QED) is 0.618. The molecule has 0 N–H and O–H groups in total. The Morgan fingerprint density at radius 1 is 1.20 bits per heavy atom. The highest BCUT2D eigenvalue weighted by Crippen LogP contribution is 2.30. The lowest BCUT2D eigenvalue weighted by Gasteiger charge is -2.11. The molecule has 0 spiro atoms. The number of halogens is 3. The standard InChI is InChI=1S/C15H11Cl2FN2/c1-9-4-2-7-12-14(9)19-13(8-16)20(12)15-10(17)5-3-6-11(15)18/h2-7H,8H2,1H3. The van der Waals surface area contributed by atoms with Gasteiger partial charge in [0, 0.05) is 0 Å². The summed E-state index contributed by atoms with van der Waals surface area (Å²) in [6, 6.07) is 10.4. The predicted octanol–water partition coefficient (Wildman–Crippen LogP) is 4.87. The fraction of sp³-hybridized carbons (Fsp3) is 0.133. The van der Waals surface area contributed by atoms with Crippen LogP contribution in [0.15, 0.2) is 36.4 Å². The summed E-state index contributed by atoms with van der Waals surface area (Å²) < 4.78 is 15.9. The van der Waals surface area contributed by atoms with Gasteiger partial charge in [0.2, 0.25) is 0 Å². The highest BCUT2D eigenvalue weighted by molar-refractivity contribution is 6.32. The van der Waals surface area contributed by atoms with Gasteiger partial charge in [-0.15, -0.1) is 11.6 Å². The number of fused-ring (bicyclic) bond motifs is 1. The molecule has 2 aromatic carbocycles. The van der Waals surface area contributed by atoms with E-state index in [9.17, 15) is 4.39 Å². The summed E-state index contributed by atoms with van der Waals surface area (Å²) in [7, 11) is 0. The van der Waals surface area contributed by atoms with Crippen LogP contribution in [0.5, 0.6) is 0 Å². The van der Waals surface area contributed by atoms with Gasteiger partial charge in [0.1, 0.15) is 17.3 Å². The Morgan fingerprint density at radius 2 is 1.95 bits per heavy atom. The molecule has 1 aromatic heterocycles. The van der Waals surface area contributed by atoms with Crippen LogP contribution in [0.3, 0.4) is 0 Å². The molecule has 0 atom stereocenters. The third-order valence-corrected chi connectivity index (χ3v) is 3.78. The lowest BCUT2D eigenvalue weighted by molar-refractivity contribution is 0.618. The average molecular weight is 309 g/mol. The molecule has 0 amide bonds. The minimum absolute atomic E-state index is 0.179. The van der Waals surface area contributed by atoms with Gasteiger partial charge in [-0.25, -0.2) is 9.37 Å². The Morgan fingerprint density at radius 3 is 2.65 bits per heavy atom. The molecule has 20 heavy (non-hydrogen) atoms. The number of alkyl halides is 1. The first kappa shape index (κ1) is 13.4. The monoisotopic (exact) mass is 308 g/mol. The molecule has 3 aromatic rings. The van der Waals surface area contributed by atoms with Crippen molar-refractivity contribution in [2.45, 2.75) is 12.8 Å². The second-order valence-corrected chi connectivity index (χ2v) is 5.18. The van der Waals surface area contributed by atoms with Crippen LogP contribution < -0.4 is 0 Å². The minimum atomic E-state index is -0.398. The summed E-state index contributed by atoms with van der Waals surface area (Å²) in [4.78, 5) is 4.50.